The zero-order valence-corrected chi connectivity index (χ0v) is 9.92. The molecule has 0 radical (unpaired) electrons. The van der Waals surface area contributed by atoms with Gasteiger partial charge in [0.15, 0.2) is 0 Å². The van der Waals surface area contributed by atoms with Gasteiger partial charge in [-0.15, -0.1) is 10.2 Å². The topological polar surface area (TPSA) is 30.7 Å². The van der Waals surface area contributed by atoms with Crippen molar-refractivity contribution in [2.75, 3.05) is 0 Å². The fraction of sp³-hybridized carbons (Fsp3) is 0.273. The molecule has 2 aromatic rings. The summed E-state index contributed by atoms with van der Waals surface area (Å²) in [5.74, 6) is -3.42. The first-order valence-corrected chi connectivity index (χ1v) is 5.28. The SMILES string of the molecule is Cc1ccccc1-n1c(C(F)(F)F)nnc1C(F)(F)F. The summed E-state index contributed by atoms with van der Waals surface area (Å²) in [4.78, 5) is 0. The van der Waals surface area contributed by atoms with Crippen molar-refractivity contribution in [3.8, 4) is 5.69 Å². The third-order valence-corrected chi connectivity index (χ3v) is 2.53. The van der Waals surface area contributed by atoms with Crippen molar-refractivity contribution in [2.24, 2.45) is 0 Å². The fourth-order valence-electron chi connectivity index (χ4n) is 1.69. The second-order valence-corrected chi connectivity index (χ2v) is 3.96. The van der Waals surface area contributed by atoms with E-state index in [1.807, 2.05) is 0 Å². The largest absolute Gasteiger partial charge is 0.452 e. The molecule has 0 saturated heterocycles. The molecule has 0 aliphatic heterocycles. The Morgan fingerprint density at radius 3 is 1.70 bits per heavy atom. The summed E-state index contributed by atoms with van der Waals surface area (Å²) in [5, 5.41) is 5.28. The Morgan fingerprint density at radius 1 is 0.850 bits per heavy atom. The molecule has 108 valence electrons. The molecule has 0 bridgehead atoms. The lowest BCUT2D eigenvalue weighted by Crippen LogP contribution is -2.20. The van der Waals surface area contributed by atoms with Gasteiger partial charge in [0.25, 0.3) is 0 Å². The van der Waals surface area contributed by atoms with Crippen LogP contribution in [0.3, 0.4) is 0 Å². The van der Waals surface area contributed by atoms with Crippen molar-refractivity contribution in [1.82, 2.24) is 14.8 Å². The second-order valence-electron chi connectivity index (χ2n) is 3.96. The maximum Gasteiger partial charge on any atom is 0.452 e. The van der Waals surface area contributed by atoms with Crippen LogP contribution in [0.4, 0.5) is 26.3 Å². The first kappa shape index (κ1) is 14.4. The van der Waals surface area contributed by atoms with Crippen LogP contribution in [0.2, 0.25) is 0 Å². The Labute approximate surface area is 108 Å². The number of nitrogens with zero attached hydrogens (tertiary/aromatic N) is 3. The first-order valence-electron chi connectivity index (χ1n) is 5.28. The minimum Gasteiger partial charge on any atom is -0.267 e. The predicted octanol–water partition coefficient (Wildman–Crippen LogP) is 3.61. The van der Waals surface area contributed by atoms with Crippen molar-refractivity contribution in [1.29, 1.82) is 0 Å². The highest BCUT2D eigenvalue weighted by molar-refractivity contribution is 5.42. The smallest absolute Gasteiger partial charge is 0.267 e. The number of halogens is 6. The minimum atomic E-state index is -5.04. The van der Waals surface area contributed by atoms with E-state index in [1.54, 1.807) is 0 Å². The van der Waals surface area contributed by atoms with Gasteiger partial charge in [-0.2, -0.15) is 26.3 Å². The Bertz CT molecular complexity index is 594. The van der Waals surface area contributed by atoms with E-state index in [1.165, 1.54) is 25.1 Å². The Kier molecular flexibility index (Phi) is 3.23. The van der Waals surface area contributed by atoms with Crippen LogP contribution in [0.15, 0.2) is 24.3 Å². The molecule has 0 aliphatic carbocycles. The number of benzene rings is 1. The molecular weight excluding hydrogens is 288 g/mol. The number of hydrogen-bond acceptors (Lipinski definition) is 2. The zero-order valence-electron chi connectivity index (χ0n) is 9.92. The van der Waals surface area contributed by atoms with Crippen molar-refractivity contribution >= 4 is 0 Å². The Morgan fingerprint density at radius 2 is 1.30 bits per heavy atom. The summed E-state index contributed by atoms with van der Waals surface area (Å²) >= 11 is 0. The summed E-state index contributed by atoms with van der Waals surface area (Å²) in [6, 6.07) is 5.38. The molecular formula is C11H7F6N3. The molecule has 0 amide bonds. The lowest BCUT2D eigenvalue weighted by Gasteiger charge is -2.15. The van der Waals surface area contributed by atoms with Crippen LogP contribution >= 0.6 is 0 Å². The van der Waals surface area contributed by atoms with E-state index in [2.05, 4.69) is 10.2 Å². The van der Waals surface area contributed by atoms with Gasteiger partial charge in [0.1, 0.15) is 0 Å². The molecule has 0 atom stereocenters. The first-order chi connectivity index (χ1) is 9.12. The molecule has 1 aromatic carbocycles. The maximum absolute atomic E-state index is 12.8. The van der Waals surface area contributed by atoms with E-state index in [9.17, 15) is 26.3 Å². The highest BCUT2D eigenvalue weighted by atomic mass is 19.4. The van der Waals surface area contributed by atoms with Gasteiger partial charge in [0.2, 0.25) is 11.6 Å². The summed E-state index contributed by atoms with van der Waals surface area (Å²) in [6.07, 6.45) is -10.1. The molecule has 0 N–H and O–H groups in total. The van der Waals surface area contributed by atoms with Crippen LogP contribution in [-0.4, -0.2) is 14.8 Å². The molecule has 0 spiro atoms. The van der Waals surface area contributed by atoms with Gasteiger partial charge in [0, 0.05) is 0 Å². The molecule has 3 nitrogen and oxygen atoms in total. The molecule has 9 heteroatoms. The van der Waals surface area contributed by atoms with Gasteiger partial charge in [-0.3, -0.25) is 4.57 Å². The van der Waals surface area contributed by atoms with Gasteiger partial charge in [-0.05, 0) is 18.6 Å². The van der Waals surface area contributed by atoms with Gasteiger partial charge in [-0.1, -0.05) is 18.2 Å². The lowest BCUT2D eigenvalue weighted by molar-refractivity contribution is -0.153. The van der Waals surface area contributed by atoms with E-state index in [4.69, 9.17) is 0 Å². The van der Waals surface area contributed by atoms with Gasteiger partial charge in [-0.25, -0.2) is 0 Å². The molecule has 0 fully saturated rings. The summed E-state index contributed by atoms with van der Waals surface area (Å²) < 4.78 is 76.6. The van der Waals surface area contributed by atoms with Gasteiger partial charge >= 0.3 is 12.4 Å². The number of rotatable bonds is 1. The van der Waals surface area contributed by atoms with Crippen LogP contribution < -0.4 is 0 Å². The third kappa shape index (κ3) is 2.47. The van der Waals surface area contributed by atoms with Crippen LogP contribution in [0, 0.1) is 6.92 Å². The third-order valence-electron chi connectivity index (χ3n) is 2.53. The van der Waals surface area contributed by atoms with Gasteiger partial charge < -0.3 is 0 Å². The molecule has 0 unspecified atom stereocenters. The van der Waals surface area contributed by atoms with Crippen LogP contribution in [-0.2, 0) is 12.4 Å². The molecule has 20 heavy (non-hydrogen) atoms. The number of hydrogen-bond donors (Lipinski definition) is 0. The van der Waals surface area contributed by atoms with Crippen LogP contribution in [0.5, 0.6) is 0 Å². The summed E-state index contributed by atoms with van der Waals surface area (Å²) in [5.41, 5.74) is -0.0274. The van der Waals surface area contributed by atoms with Crippen molar-refractivity contribution < 1.29 is 26.3 Å². The van der Waals surface area contributed by atoms with Crippen LogP contribution in [0.25, 0.3) is 5.69 Å². The van der Waals surface area contributed by atoms with E-state index >= 15 is 0 Å². The average molecular weight is 295 g/mol. The minimum absolute atomic E-state index is 0.0185. The Balaban J connectivity index is 2.78. The predicted molar refractivity (Wildman–Crippen MR) is 56.1 cm³/mol. The highest BCUT2D eigenvalue weighted by Gasteiger charge is 2.45. The quantitative estimate of drug-likeness (QED) is 0.752. The van der Waals surface area contributed by atoms with E-state index in [0.717, 1.165) is 6.07 Å². The second kappa shape index (κ2) is 4.50. The van der Waals surface area contributed by atoms with E-state index < -0.39 is 24.0 Å². The van der Waals surface area contributed by atoms with Crippen molar-refractivity contribution in [3.63, 3.8) is 0 Å². The summed E-state index contributed by atoms with van der Waals surface area (Å²) in [6.45, 7) is 1.40. The normalized spacial score (nSPS) is 12.8. The van der Waals surface area contributed by atoms with E-state index in [-0.39, 0.29) is 15.8 Å². The molecule has 0 aliphatic rings. The van der Waals surface area contributed by atoms with Crippen molar-refractivity contribution in [3.05, 3.63) is 41.5 Å². The lowest BCUT2D eigenvalue weighted by atomic mass is 10.2. The fourth-order valence-corrected chi connectivity index (χ4v) is 1.69. The number of aryl methyl sites for hydroxylation is 1. The maximum atomic E-state index is 12.8. The number of para-hydroxylation sites is 1. The average Bonchev–Trinajstić information content (AvgIpc) is 2.73. The van der Waals surface area contributed by atoms with Crippen LogP contribution in [0.1, 0.15) is 17.2 Å². The standard InChI is InChI=1S/C11H7F6N3/c1-6-4-2-3-5-7(6)20-8(10(12,13)14)18-19-9(20)11(15,16)17/h2-5H,1H3. The van der Waals surface area contributed by atoms with Gasteiger partial charge in [0.05, 0.1) is 5.69 Å². The monoisotopic (exact) mass is 295 g/mol. The highest BCUT2D eigenvalue weighted by Crippen LogP contribution is 2.36. The molecule has 1 aromatic heterocycles. The molecule has 1 heterocycles. The van der Waals surface area contributed by atoms with E-state index in [0.29, 0.717) is 0 Å². The molecule has 2 rings (SSSR count). The van der Waals surface area contributed by atoms with Crippen molar-refractivity contribution in [2.45, 2.75) is 19.3 Å². The number of aromatic nitrogens is 3. The zero-order chi connectivity index (χ0) is 15.1. The Hall–Kier alpha value is -2.06. The molecule has 0 saturated carbocycles. The summed E-state index contributed by atoms with van der Waals surface area (Å²) in [7, 11) is 0. The number of alkyl halides is 6.